The molecule has 0 bridgehead atoms. The summed E-state index contributed by atoms with van der Waals surface area (Å²) >= 11 is 0. The van der Waals surface area contributed by atoms with Gasteiger partial charge in [0.1, 0.15) is 0 Å². The quantitative estimate of drug-likeness (QED) is 0.728. The molecule has 0 spiro atoms. The Morgan fingerprint density at radius 3 is 2.08 bits per heavy atom. The van der Waals surface area contributed by atoms with E-state index in [4.69, 9.17) is 5.26 Å². The lowest BCUT2D eigenvalue weighted by atomic mass is 10.0. The average molecular weight is 347 g/mol. The number of nitriles is 1. The van der Waals surface area contributed by atoms with E-state index in [9.17, 15) is 26.3 Å². The molecule has 1 aromatic heterocycles. The molecule has 2 rings (SSSR count). The molecule has 0 amide bonds. The highest BCUT2D eigenvalue weighted by molar-refractivity contribution is 5.61. The second kappa shape index (κ2) is 6.19. The lowest BCUT2D eigenvalue weighted by molar-refractivity contribution is -0.143. The zero-order valence-corrected chi connectivity index (χ0v) is 12.3. The van der Waals surface area contributed by atoms with Crippen LogP contribution >= 0.6 is 0 Å². The minimum Gasteiger partial charge on any atom is -0.268 e. The first-order chi connectivity index (χ1) is 11.0. The highest BCUT2D eigenvalue weighted by Gasteiger charge is 2.37. The Morgan fingerprint density at radius 1 is 1.08 bits per heavy atom. The van der Waals surface area contributed by atoms with E-state index in [0.29, 0.717) is 12.1 Å². The molecule has 0 aliphatic carbocycles. The summed E-state index contributed by atoms with van der Waals surface area (Å²) in [4.78, 5) is 0. The predicted molar refractivity (Wildman–Crippen MR) is 72.6 cm³/mol. The van der Waals surface area contributed by atoms with Crippen LogP contribution in [0, 0.1) is 11.3 Å². The SMILES string of the molecule is C[C@H](CC#N)n1ccc(-c2cc(C(F)(F)F)cc(C(F)(F)F)c2)n1. The Hall–Kier alpha value is -2.50. The van der Waals surface area contributed by atoms with Crippen LogP contribution in [0.25, 0.3) is 11.3 Å². The molecule has 0 fully saturated rings. The summed E-state index contributed by atoms with van der Waals surface area (Å²) in [6, 6.07) is 4.19. The molecule has 0 radical (unpaired) electrons. The van der Waals surface area contributed by atoms with Crippen molar-refractivity contribution in [2.75, 3.05) is 0 Å². The molecule has 2 aromatic rings. The largest absolute Gasteiger partial charge is 0.416 e. The van der Waals surface area contributed by atoms with Gasteiger partial charge in [0.25, 0.3) is 0 Å². The smallest absolute Gasteiger partial charge is 0.268 e. The van der Waals surface area contributed by atoms with E-state index in [1.54, 1.807) is 6.92 Å². The van der Waals surface area contributed by atoms with Crippen LogP contribution in [0.15, 0.2) is 30.5 Å². The molecular weight excluding hydrogens is 336 g/mol. The normalized spacial score (nSPS) is 13.6. The van der Waals surface area contributed by atoms with Gasteiger partial charge >= 0.3 is 12.4 Å². The first-order valence-corrected chi connectivity index (χ1v) is 6.74. The van der Waals surface area contributed by atoms with Crippen molar-refractivity contribution < 1.29 is 26.3 Å². The number of halogens is 6. The van der Waals surface area contributed by atoms with Crippen molar-refractivity contribution in [1.29, 1.82) is 5.26 Å². The lowest BCUT2D eigenvalue weighted by Crippen LogP contribution is -2.11. The van der Waals surface area contributed by atoms with Gasteiger partial charge in [-0.15, -0.1) is 0 Å². The maximum atomic E-state index is 12.9. The number of aromatic nitrogens is 2. The molecule has 0 aliphatic heterocycles. The van der Waals surface area contributed by atoms with Gasteiger partial charge in [-0.1, -0.05) is 0 Å². The Kier molecular flexibility index (Phi) is 4.60. The van der Waals surface area contributed by atoms with Crippen molar-refractivity contribution in [3.05, 3.63) is 41.6 Å². The zero-order valence-electron chi connectivity index (χ0n) is 12.3. The number of hydrogen-bond acceptors (Lipinski definition) is 2. The highest BCUT2D eigenvalue weighted by Crippen LogP contribution is 2.38. The van der Waals surface area contributed by atoms with Crippen molar-refractivity contribution in [1.82, 2.24) is 9.78 Å². The van der Waals surface area contributed by atoms with Crippen molar-refractivity contribution in [3.63, 3.8) is 0 Å². The van der Waals surface area contributed by atoms with Gasteiger partial charge in [0.05, 0.1) is 35.4 Å². The number of hydrogen-bond donors (Lipinski definition) is 0. The molecular formula is C15H11F6N3. The summed E-state index contributed by atoms with van der Waals surface area (Å²) < 4.78 is 78.5. The topological polar surface area (TPSA) is 41.6 Å². The van der Waals surface area contributed by atoms with Crippen LogP contribution in [0.4, 0.5) is 26.3 Å². The number of alkyl halides is 6. The summed E-state index contributed by atoms with van der Waals surface area (Å²) in [7, 11) is 0. The Bertz CT molecular complexity index is 734. The van der Waals surface area contributed by atoms with Crippen molar-refractivity contribution >= 4 is 0 Å². The maximum Gasteiger partial charge on any atom is 0.416 e. The van der Waals surface area contributed by atoms with Gasteiger partial charge < -0.3 is 0 Å². The van der Waals surface area contributed by atoms with Crippen LogP contribution in [-0.4, -0.2) is 9.78 Å². The molecule has 1 atom stereocenters. The predicted octanol–water partition coefficient (Wildman–Crippen LogP) is 5.06. The third-order valence-corrected chi connectivity index (χ3v) is 3.33. The van der Waals surface area contributed by atoms with E-state index < -0.39 is 23.5 Å². The summed E-state index contributed by atoms with van der Waals surface area (Å²) in [6.07, 6.45) is -8.30. The third-order valence-electron chi connectivity index (χ3n) is 3.33. The second-order valence-electron chi connectivity index (χ2n) is 5.19. The molecule has 3 nitrogen and oxygen atoms in total. The van der Waals surface area contributed by atoms with Gasteiger partial charge in [0, 0.05) is 11.8 Å². The molecule has 0 saturated carbocycles. The fourth-order valence-electron chi connectivity index (χ4n) is 2.07. The monoisotopic (exact) mass is 347 g/mol. The Balaban J connectivity index is 2.52. The third kappa shape index (κ3) is 3.88. The van der Waals surface area contributed by atoms with Gasteiger partial charge in [0.2, 0.25) is 0 Å². The molecule has 0 unspecified atom stereocenters. The minimum atomic E-state index is -4.91. The van der Waals surface area contributed by atoms with Crippen molar-refractivity contribution in [2.45, 2.75) is 31.7 Å². The number of benzene rings is 1. The van der Waals surface area contributed by atoms with E-state index in [1.807, 2.05) is 6.07 Å². The minimum absolute atomic E-state index is 0.0311. The molecule has 0 aliphatic rings. The molecule has 0 N–H and O–H groups in total. The zero-order chi connectivity index (χ0) is 18.1. The van der Waals surface area contributed by atoms with E-state index in [0.717, 1.165) is 0 Å². The molecule has 24 heavy (non-hydrogen) atoms. The van der Waals surface area contributed by atoms with Crippen LogP contribution in [0.1, 0.15) is 30.5 Å². The highest BCUT2D eigenvalue weighted by atomic mass is 19.4. The summed E-state index contributed by atoms with van der Waals surface area (Å²) in [5.41, 5.74) is -3.12. The first kappa shape index (κ1) is 17.8. The molecule has 0 saturated heterocycles. The maximum absolute atomic E-state index is 12.9. The van der Waals surface area contributed by atoms with E-state index in [2.05, 4.69) is 5.10 Å². The van der Waals surface area contributed by atoms with Crippen molar-refractivity contribution in [2.24, 2.45) is 0 Å². The summed E-state index contributed by atoms with van der Waals surface area (Å²) in [6.45, 7) is 1.66. The fraction of sp³-hybridized carbons (Fsp3) is 0.333. The lowest BCUT2D eigenvalue weighted by Gasteiger charge is -2.13. The summed E-state index contributed by atoms with van der Waals surface area (Å²) in [5, 5.41) is 12.6. The second-order valence-corrected chi connectivity index (χ2v) is 5.19. The van der Waals surface area contributed by atoms with E-state index in [-0.39, 0.29) is 29.8 Å². The molecule has 1 heterocycles. The van der Waals surface area contributed by atoms with E-state index in [1.165, 1.54) is 16.9 Å². The van der Waals surface area contributed by atoms with Gasteiger partial charge in [-0.2, -0.15) is 36.7 Å². The van der Waals surface area contributed by atoms with Gasteiger partial charge in [-0.05, 0) is 31.2 Å². The molecule has 1 aromatic carbocycles. The van der Waals surface area contributed by atoms with Gasteiger partial charge in [-0.3, -0.25) is 4.68 Å². The number of nitrogens with zero attached hydrogens (tertiary/aromatic N) is 3. The average Bonchev–Trinajstić information content (AvgIpc) is 2.95. The molecule has 128 valence electrons. The first-order valence-electron chi connectivity index (χ1n) is 6.74. The van der Waals surface area contributed by atoms with Crippen LogP contribution in [0.3, 0.4) is 0 Å². The standard InChI is InChI=1S/C15H11F6N3/c1-9(2-4-22)24-5-3-13(23-24)10-6-11(14(16,17)18)8-12(7-10)15(19,20)21/h3,5-9H,2H2,1H3/t9-/m1/s1. The van der Waals surface area contributed by atoms with Crippen LogP contribution in [0.5, 0.6) is 0 Å². The fourth-order valence-corrected chi connectivity index (χ4v) is 2.07. The van der Waals surface area contributed by atoms with Crippen LogP contribution in [-0.2, 0) is 12.4 Å². The van der Waals surface area contributed by atoms with Gasteiger partial charge in [-0.25, -0.2) is 0 Å². The Labute approximate surface area is 133 Å². The van der Waals surface area contributed by atoms with Crippen molar-refractivity contribution in [3.8, 4) is 17.3 Å². The molecule has 9 heteroatoms. The van der Waals surface area contributed by atoms with Gasteiger partial charge in [0.15, 0.2) is 0 Å². The van der Waals surface area contributed by atoms with Crippen LogP contribution < -0.4 is 0 Å². The summed E-state index contributed by atoms with van der Waals surface area (Å²) in [5.74, 6) is 0. The number of rotatable bonds is 3. The van der Waals surface area contributed by atoms with Crippen LogP contribution in [0.2, 0.25) is 0 Å². The van der Waals surface area contributed by atoms with E-state index >= 15 is 0 Å². The Morgan fingerprint density at radius 2 is 1.62 bits per heavy atom.